The second-order valence-electron chi connectivity index (χ2n) is 7.14. The van der Waals surface area contributed by atoms with Crippen LogP contribution in [0, 0.1) is 10.1 Å². The summed E-state index contributed by atoms with van der Waals surface area (Å²) in [6.07, 6.45) is 0. The maximum atomic E-state index is 12.3. The molecule has 148 valence electrons. The van der Waals surface area contributed by atoms with Crippen molar-refractivity contribution in [2.45, 2.75) is 6.54 Å². The topological polar surface area (TPSA) is 69.3 Å². The van der Waals surface area contributed by atoms with E-state index >= 15 is 0 Å². The summed E-state index contributed by atoms with van der Waals surface area (Å²) in [4.78, 5) is 12.1. The highest BCUT2D eigenvalue weighted by Crippen LogP contribution is 2.49. The highest BCUT2D eigenvalue weighted by molar-refractivity contribution is 5.96. The third kappa shape index (κ3) is 2.81. The predicted octanol–water partition coefficient (Wildman–Crippen LogP) is 5.84. The number of hydrogen-bond acceptors (Lipinski definition) is 4. The van der Waals surface area contributed by atoms with E-state index < -0.39 is 0 Å². The summed E-state index contributed by atoms with van der Waals surface area (Å²) in [5, 5.41) is 15.8. The molecule has 0 atom stereocenters. The lowest BCUT2D eigenvalue weighted by Crippen LogP contribution is -2.13. The lowest BCUT2D eigenvalue weighted by Gasteiger charge is -2.23. The summed E-state index contributed by atoms with van der Waals surface area (Å²) in [5.41, 5.74) is 4.91. The Morgan fingerprint density at radius 2 is 1.63 bits per heavy atom. The van der Waals surface area contributed by atoms with Gasteiger partial charge >= 0.3 is 5.69 Å². The van der Waals surface area contributed by atoms with E-state index in [2.05, 4.69) is 5.32 Å². The van der Waals surface area contributed by atoms with Crippen LogP contribution in [0.15, 0.2) is 78.9 Å². The van der Waals surface area contributed by atoms with Crippen LogP contribution in [0.4, 0.5) is 17.2 Å². The van der Waals surface area contributed by atoms with Crippen LogP contribution in [0.2, 0.25) is 0 Å². The highest BCUT2D eigenvalue weighted by atomic mass is 16.6. The monoisotopic (exact) mass is 397 g/mol. The van der Waals surface area contributed by atoms with Crippen molar-refractivity contribution < 1.29 is 9.66 Å². The van der Waals surface area contributed by atoms with E-state index in [1.54, 1.807) is 7.11 Å². The third-order valence-electron chi connectivity index (χ3n) is 5.45. The average Bonchev–Trinajstić information content (AvgIpc) is 3.12. The molecule has 0 aliphatic carbocycles. The van der Waals surface area contributed by atoms with Gasteiger partial charge in [0.1, 0.15) is 22.8 Å². The van der Waals surface area contributed by atoms with Crippen molar-refractivity contribution in [1.82, 2.24) is 4.57 Å². The Balaban J connectivity index is 1.82. The molecule has 0 amide bonds. The molecule has 30 heavy (non-hydrogen) atoms. The van der Waals surface area contributed by atoms with E-state index in [1.165, 1.54) is 0 Å². The zero-order chi connectivity index (χ0) is 20.7. The van der Waals surface area contributed by atoms with Crippen molar-refractivity contribution in [3.63, 3.8) is 0 Å². The Bertz CT molecular complexity index is 1240. The summed E-state index contributed by atoms with van der Waals surface area (Å²) >= 11 is 0. The number of methoxy groups -OCH3 is 1. The SMILES string of the molecule is COc1ccc(-c2c([N+](=O)[O-])c(-c3ccccc3)n3c2Nc2ccccc2C3)cc1. The standard InChI is InChI=1S/C24H19N3O3/c1-30-19-13-11-16(12-14-19)21-23(27(28)29)22(17-7-3-2-4-8-17)26-15-18-9-5-6-10-20(18)25-24(21)26/h2-14,25H,15H2,1H3. The predicted molar refractivity (Wildman–Crippen MR) is 117 cm³/mol. The minimum absolute atomic E-state index is 0.0988. The molecular weight excluding hydrogens is 378 g/mol. The number of hydrogen-bond donors (Lipinski definition) is 1. The van der Waals surface area contributed by atoms with Crippen LogP contribution in [-0.2, 0) is 6.54 Å². The molecule has 4 aromatic rings. The quantitative estimate of drug-likeness (QED) is 0.305. The molecule has 0 unspecified atom stereocenters. The van der Waals surface area contributed by atoms with Gasteiger partial charge in [0.25, 0.3) is 0 Å². The van der Waals surface area contributed by atoms with Gasteiger partial charge in [0.05, 0.1) is 18.6 Å². The molecular formula is C24H19N3O3. The fourth-order valence-corrected chi connectivity index (χ4v) is 4.07. The number of benzene rings is 3. The molecule has 5 rings (SSSR count). The van der Waals surface area contributed by atoms with Crippen LogP contribution < -0.4 is 10.1 Å². The Morgan fingerprint density at radius 1 is 0.933 bits per heavy atom. The fraction of sp³-hybridized carbons (Fsp3) is 0.0833. The molecule has 1 aromatic heterocycles. The number of nitrogens with zero attached hydrogens (tertiary/aromatic N) is 2. The van der Waals surface area contributed by atoms with Crippen LogP contribution in [0.25, 0.3) is 22.4 Å². The number of ether oxygens (including phenoxy) is 1. The van der Waals surface area contributed by atoms with Crippen LogP contribution in [0.1, 0.15) is 5.56 Å². The van der Waals surface area contributed by atoms with Gasteiger partial charge in [-0.1, -0.05) is 60.7 Å². The largest absolute Gasteiger partial charge is 0.497 e. The molecule has 6 nitrogen and oxygen atoms in total. The van der Waals surface area contributed by atoms with Crippen molar-refractivity contribution in [2.75, 3.05) is 12.4 Å². The molecule has 0 radical (unpaired) electrons. The number of fused-ring (bicyclic) bond motifs is 2. The van der Waals surface area contributed by atoms with Gasteiger partial charge in [-0.2, -0.15) is 0 Å². The number of para-hydroxylation sites is 1. The zero-order valence-electron chi connectivity index (χ0n) is 16.3. The molecule has 0 fully saturated rings. The second kappa shape index (κ2) is 7.08. The van der Waals surface area contributed by atoms with Crippen molar-refractivity contribution in [3.8, 4) is 28.1 Å². The van der Waals surface area contributed by atoms with Gasteiger partial charge in [-0.25, -0.2) is 0 Å². The Labute approximate surface area is 173 Å². The molecule has 2 heterocycles. The normalized spacial score (nSPS) is 11.9. The van der Waals surface area contributed by atoms with Gasteiger partial charge in [0.2, 0.25) is 0 Å². The van der Waals surface area contributed by atoms with Crippen molar-refractivity contribution >= 4 is 17.2 Å². The maximum absolute atomic E-state index is 12.3. The van der Waals surface area contributed by atoms with Gasteiger partial charge in [0, 0.05) is 11.3 Å². The van der Waals surface area contributed by atoms with E-state index in [9.17, 15) is 10.1 Å². The molecule has 0 saturated heterocycles. The smallest absolute Gasteiger partial charge is 0.304 e. The summed E-state index contributed by atoms with van der Waals surface area (Å²) < 4.78 is 7.27. The van der Waals surface area contributed by atoms with Gasteiger partial charge in [-0.05, 0) is 29.3 Å². The first kappa shape index (κ1) is 18.0. The van der Waals surface area contributed by atoms with Gasteiger partial charge < -0.3 is 14.6 Å². The molecule has 0 saturated carbocycles. The van der Waals surface area contributed by atoms with Gasteiger partial charge in [-0.3, -0.25) is 10.1 Å². The minimum Gasteiger partial charge on any atom is -0.497 e. The van der Waals surface area contributed by atoms with Gasteiger partial charge in [-0.15, -0.1) is 0 Å². The summed E-state index contributed by atoms with van der Waals surface area (Å²) in [6, 6.07) is 24.9. The number of nitrogens with one attached hydrogen (secondary N) is 1. The number of aromatic nitrogens is 1. The summed E-state index contributed by atoms with van der Waals surface area (Å²) in [6.45, 7) is 0.555. The Morgan fingerprint density at radius 3 is 2.33 bits per heavy atom. The van der Waals surface area contributed by atoms with Crippen LogP contribution in [0.5, 0.6) is 5.75 Å². The van der Waals surface area contributed by atoms with E-state index in [4.69, 9.17) is 4.74 Å². The van der Waals surface area contributed by atoms with Crippen LogP contribution in [0.3, 0.4) is 0 Å². The molecule has 0 bridgehead atoms. The average molecular weight is 397 g/mol. The Kier molecular flexibility index (Phi) is 4.25. The first-order chi connectivity index (χ1) is 14.7. The molecule has 3 aromatic carbocycles. The summed E-state index contributed by atoms with van der Waals surface area (Å²) in [5.74, 6) is 1.43. The zero-order valence-corrected chi connectivity index (χ0v) is 16.3. The van der Waals surface area contributed by atoms with Gasteiger partial charge in [0.15, 0.2) is 0 Å². The first-order valence-corrected chi connectivity index (χ1v) is 9.63. The first-order valence-electron chi connectivity index (χ1n) is 9.63. The fourth-order valence-electron chi connectivity index (χ4n) is 4.07. The van der Waals surface area contributed by atoms with E-state index in [-0.39, 0.29) is 10.6 Å². The molecule has 1 aliphatic heterocycles. The maximum Gasteiger partial charge on any atom is 0.304 e. The number of nitro groups is 1. The van der Waals surface area contributed by atoms with E-state index in [1.807, 2.05) is 83.4 Å². The van der Waals surface area contributed by atoms with E-state index in [0.29, 0.717) is 23.6 Å². The molecule has 1 N–H and O–H groups in total. The molecule has 6 heteroatoms. The lowest BCUT2D eigenvalue weighted by molar-refractivity contribution is -0.383. The lowest BCUT2D eigenvalue weighted by atomic mass is 10.0. The third-order valence-corrected chi connectivity index (χ3v) is 5.45. The molecule has 0 spiro atoms. The van der Waals surface area contributed by atoms with Crippen molar-refractivity contribution in [2.24, 2.45) is 0 Å². The van der Waals surface area contributed by atoms with Crippen molar-refractivity contribution in [3.05, 3.63) is 94.5 Å². The van der Waals surface area contributed by atoms with Crippen LogP contribution in [-0.4, -0.2) is 16.6 Å². The number of rotatable bonds is 4. The van der Waals surface area contributed by atoms with Crippen molar-refractivity contribution in [1.29, 1.82) is 0 Å². The minimum atomic E-state index is -0.278. The second-order valence-corrected chi connectivity index (χ2v) is 7.14. The number of anilines is 2. The van der Waals surface area contributed by atoms with E-state index in [0.717, 1.165) is 28.2 Å². The molecule has 1 aliphatic rings. The summed E-state index contributed by atoms with van der Waals surface area (Å²) in [7, 11) is 1.60. The highest BCUT2D eigenvalue weighted by Gasteiger charge is 2.35. The Hall–Kier alpha value is -4.06. The van der Waals surface area contributed by atoms with Crippen LogP contribution >= 0.6 is 0 Å².